The monoisotopic (exact) mass is 337 g/mol. The summed E-state index contributed by atoms with van der Waals surface area (Å²) in [5, 5.41) is 7.84. The maximum Gasteiger partial charge on any atom is 0.243 e. The number of benzene rings is 1. The van der Waals surface area contributed by atoms with Crippen molar-refractivity contribution in [2.45, 2.75) is 32.4 Å². The van der Waals surface area contributed by atoms with Crippen LogP contribution in [-0.4, -0.2) is 37.2 Å². The summed E-state index contributed by atoms with van der Waals surface area (Å²) in [6, 6.07) is 9.83. The summed E-state index contributed by atoms with van der Waals surface area (Å²) in [5.74, 6) is 0.851. The number of hydrogen-bond donors (Lipinski definition) is 0. The Balaban J connectivity index is 1.55. The van der Waals surface area contributed by atoms with Crippen molar-refractivity contribution in [1.82, 2.24) is 24.8 Å². The first-order valence-corrected chi connectivity index (χ1v) is 8.39. The molecule has 1 atom stereocenters. The summed E-state index contributed by atoms with van der Waals surface area (Å²) < 4.78 is 6.71. The molecule has 3 aromatic rings. The summed E-state index contributed by atoms with van der Waals surface area (Å²) in [5.41, 5.74) is 2.51. The Labute approximate surface area is 145 Å². The summed E-state index contributed by atoms with van der Waals surface area (Å²) in [7, 11) is 0. The molecule has 1 amide bonds. The highest BCUT2D eigenvalue weighted by Crippen LogP contribution is 2.32. The molecule has 2 aromatic heterocycles. The van der Waals surface area contributed by atoms with Gasteiger partial charge < -0.3 is 9.47 Å². The van der Waals surface area contributed by atoms with Crippen LogP contribution in [0.25, 0.3) is 11.4 Å². The van der Waals surface area contributed by atoms with Gasteiger partial charge in [-0.05, 0) is 19.8 Å². The number of hydrogen-bond acceptors (Lipinski definition) is 5. The van der Waals surface area contributed by atoms with Gasteiger partial charge in [-0.15, -0.1) is 0 Å². The maximum atomic E-state index is 12.9. The van der Waals surface area contributed by atoms with E-state index < -0.39 is 0 Å². The van der Waals surface area contributed by atoms with Gasteiger partial charge in [0.15, 0.2) is 0 Å². The van der Waals surface area contributed by atoms with E-state index in [1.54, 1.807) is 6.20 Å². The van der Waals surface area contributed by atoms with E-state index in [2.05, 4.69) is 15.3 Å². The van der Waals surface area contributed by atoms with Crippen molar-refractivity contribution in [2.75, 3.05) is 6.54 Å². The van der Waals surface area contributed by atoms with Crippen molar-refractivity contribution in [1.29, 1.82) is 0 Å². The first-order valence-electron chi connectivity index (χ1n) is 8.39. The lowest BCUT2D eigenvalue weighted by Crippen LogP contribution is -2.33. The Morgan fingerprint density at radius 3 is 2.88 bits per heavy atom. The van der Waals surface area contributed by atoms with Crippen LogP contribution in [0.4, 0.5) is 0 Å². The highest BCUT2D eigenvalue weighted by atomic mass is 16.6. The zero-order chi connectivity index (χ0) is 17.2. The Hall–Kier alpha value is -2.96. The topological polar surface area (TPSA) is 77.0 Å². The zero-order valence-electron chi connectivity index (χ0n) is 14.0. The molecule has 0 spiro atoms. The first kappa shape index (κ1) is 15.6. The molecule has 1 aliphatic rings. The Kier molecular flexibility index (Phi) is 4.05. The molecule has 3 heterocycles. The van der Waals surface area contributed by atoms with Gasteiger partial charge in [-0.2, -0.15) is 0 Å². The molecule has 0 radical (unpaired) electrons. The van der Waals surface area contributed by atoms with Crippen molar-refractivity contribution < 1.29 is 9.42 Å². The van der Waals surface area contributed by atoms with Gasteiger partial charge >= 0.3 is 0 Å². The third kappa shape index (κ3) is 2.93. The highest BCUT2D eigenvalue weighted by molar-refractivity contribution is 5.77. The first-order chi connectivity index (χ1) is 12.2. The number of amides is 1. The molecule has 25 heavy (non-hydrogen) atoms. The van der Waals surface area contributed by atoms with E-state index in [9.17, 15) is 4.79 Å². The highest BCUT2D eigenvalue weighted by Gasteiger charge is 2.33. The van der Waals surface area contributed by atoms with Crippen molar-refractivity contribution >= 4 is 5.91 Å². The second kappa shape index (κ2) is 6.51. The maximum absolute atomic E-state index is 12.9. The van der Waals surface area contributed by atoms with Gasteiger partial charge in [0.25, 0.3) is 0 Å². The number of carbonyl (C=O) groups excluding carboxylic acids is 1. The Bertz CT molecular complexity index is 870. The third-order valence-corrected chi connectivity index (χ3v) is 4.63. The lowest BCUT2D eigenvalue weighted by atomic mass is 10.1. The summed E-state index contributed by atoms with van der Waals surface area (Å²) >= 11 is 0. The quantitative estimate of drug-likeness (QED) is 0.731. The van der Waals surface area contributed by atoms with Crippen LogP contribution in [0.15, 0.2) is 47.4 Å². The van der Waals surface area contributed by atoms with E-state index in [1.807, 2.05) is 52.9 Å². The smallest absolute Gasteiger partial charge is 0.243 e. The zero-order valence-corrected chi connectivity index (χ0v) is 14.0. The molecule has 7 heteroatoms. The van der Waals surface area contributed by atoms with E-state index >= 15 is 0 Å². The van der Waals surface area contributed by atoms with Crippen LogP contribution in [0.3, 0.4) is 0 Å². The molecule has 1 fully saturated rings. The van der Waals surface area contributed by atoms with Gasteiger partial charge in [-0.3, -0.25) is 4.79 Å². The largest absolute Gasteiger partial charge is 0.332 e. The van der Waals surface area contributed by atoms with E-state index in [1.165, 1.54) is 0 Å². The molecule has 0 aliphatic carbocycles. The molecule has 4 rings (SSSR count). The molecule has 1 aliphatic heterocycles. The van der Waals surface area contributed by atoms with Crippen LogP contribution in [0.1, 0.15) is 30.3 Å². The van der Waals surface area contributed by atoms with E-state index in [-0.39, 0.29) is 18.5 Å². The van der Waals surface area contributed by atoms with Crippen LogP contribution >= 0.6 is 0 Å². The van der Waals surface area contributed by atoms with Gasteiger partial charge in [-0.1, -0.05) is 40.6 Å². The number of rotatable bonds is 4. The van der Waals surface area contributed by atoms with E-state index in [0.717, 1.165) is 42.2 Å². The van der Waals surface area contributed by atoms with Gasteiger partial charge in [-0.25, -0.2) is 9.61 Å². The summed E-state index contributed by atoms with van der Waals surface area (Å²) in [6.07, 6.45) is 5.41. The minimum Gasteiger partial charge on any atom is -0.332 e. The normalized spacial score (nSPS) is 17.2. The van der Waals surface area contributed by atoms with Crippen molar-refractivity contribution in [3.05, 3.63) is 54.1 Å². The average molecular weight is 337 g/mol. The van der Waals surface area contributed by atoms with Gasteiger partial charge in [0.1, 0.15) is 23.8 Å². The predicted octanol–water partition coefficient (Wildman–Crippen LogP) is 2.61. The minimum atomic E-state index is -0.0533. The lowest BCUT2D eigenvalue weighted by Gasteiger charge is -2.23. The fourth-order valence-electron chi connectivity index (χ4n) is 3.41. The average Bonchev–Trinajstić information content (AvgIpc) is 3.35. The van der Waals surface area contributed by atoms with Crippen LogP contribution in [0.5, 0.6) is 0 Å². The lowest BCUT2D eigenvalue weighted by molar-refractivity contribution is -0.132. The number of imidazole rings is 1. The molecular weight excluding hydrogens is 318 g/mol. The summed E-state index contributed by atoms with van der Waals surface area (Å²) in [4.78, 5) is 19.2. The number of likely N-dealkylation sites (tertiary alicyclic amines) is 1. The van der Waals surface area contributed by atoms with E-state index in [4.69, 9.17) is 4.63 Å². The Morgan fingerprint density at radius 2 is 2.12 bits per heavy atom. The van der Waals surface area contributed by atoms with Gasteiger partial charge in [0.2, 0.25) is 5.91 Å². The molecule has 7 nitrogen and oxygen atoms in total. The van der Waals surface area contributed by atoms with Gasteiger partial charge in [0, 0.05) is 24.5 Å². The molecule has 0 N–H and O–H groups in total. The fraction of sp³-hybridized carbons (Fsp3) is 0.333. The minimum absolute atomic E-state index is 0.0533. The fourth-order valence-corrected chi connectivity index (χ4v) is 3.41. The SMILES string of the molecule is Cc1nonc1[C@H]1CCCN1C(=O)Cn1ccnc1-c1ccccc1. The molecule has 0 unspecified atom stereocenters. The van der Waals surface area contributed by atoms with Crippen molar-refractivity contribution in [3.8, 4) is 11.4 Å². The number of carbonyl (C=O) groups is 1. The number of aromatic nitrogens is 4. The molecule has 1 saturated heterocycles. The molecule has 1 aromatic carbocycles. The van der Waals surface area contributed by atoms with Crippen molar-refractivity contribution in [3.63, 3.8) is 0 Å². The van der Waals surface area contributed by atoms with Crippen LogP contribution < -0.4 is 0 Å². The Morgan fingerprint density at radius 1 is 1.28 bits per heavy atom. The molecular formula is C18H19N5O2. The molecule has 0 bridgehead atoms. The van der Waals surface area contributed by atoms with Crippen molar-refractivity contribution in [2.24, 2.45) is 0 Å². The number of aryl methyl sites for hydroxylation is 1. The predicted molar refractivity (Wildman–Crippen MR) is 90.4 cm³/mol. The standard InChI is InChI=1S/C18H19N5O2/c1-13-17(21-25-20-13)15-8-5-10-23(15)16(24)12-22-11-9-19-18(22)14-6-3-2-4-7-14/h2-4,6-7,9,11,15H,5,8,10,12H2,1H3/t15-/m1/s1. The van der Waals surface area contributed by atoms with Gasteiger partial charge in [0.05, 0.1) is 6.04 Å². The second-order valence-corrected chi connectivity index (χ2v) is 6.22. The molecule has 128 valence electrons. The van der Waals surface area contributed by atoms with E-state index in [0.29, 0.717) is 0 Å². The second-order valence-electron chi connectivity index (χ2n) is 6.22. The number of nitrogens with zero attached hydrogens (tertiary/aromatic N) is 5. The van der Waals surface area contributed by atoms with Crippen LogP contribution in [-0.2, 0) is 11.3 Å². The summed E-state index contributed by atoms with van der Waals surface area (Å²) in [6.45, 7) is 2.84. The van der Waals surface area contributed by atoms with Crippen LogP contribution in [0.2, 0.25) is 0 Å². The molecule has 0 saturated carbocycles. The third-order valence-electron chi connectivity index (χ3n) is 4.63. The van der Waals surface area contributed by atoms with Crippen LogP contribution in [0, 0.1) is 6.92 Å².